The maximum atomic E-state index is 9.14. The summed E-state index contributed by atoms with van der Waals surface area (Å²) < 4.78 is 1.91. The first-order valence-electron chi connectivity index (χ1n) is 8.45. The van der Waals surface area contributed by atoms with Crippen LogP contribution in [0, 0.1) is 13.8 Å². The van der Waals surface area contributed by atoms with Crippen molar-refractivity contribution in [3.05, 3.63) is 46.2 Å². The molecule has 2 aromatic rings. The smallest absolute Gasteiger partial charge is 0.0644 e. The van der Waals surface area contributed by atoms with Crippen molar-refractivity contribution < 1.29 is 5.11 Å². The van der Waals surface area contributed by atoms with Gasteiger partial charge in [-0.05, 0) is 26.0 Å². The highest BCUT2D eigenvalue weighted by molar-refractivity contribution is 6.33. The summed E-state index contributed by atoms with van der Waals surface area (Å²) in [6.07, 6.45) is 0. The van der Waals surface area contributed by atoms with E-state index in [1.54, 1.807) is 0 Å². The van der Waals surface area contributed by atoms with Crippen LogP contribution in [0.1, 0.15) is 17.0 Å². The third kappa shape index (κ3) is 3.58. The summed E-state index contributed by atoms with van der Waals surface area (Å²) in [7, 11) is 0. The Balaban J connectivity index is 1.63. The van der Waals surface area contributed by atoms with Crippen LogP contribution in [0.2, 0.25) is 5.02 Å². The zero-order chi connectivity index (χ0) is 17.1. The Labute approximate surface area is 148 Å². The molecule has 24 heavy (non-hydrogen) atoms. The van der Waals surface area contributed by atoms with E-state index in [2.05, 4.69) is 34.8 Å². The van der Waals surface area contributed by atoms with Gasteiger partial charge < -0.3 is 10.0 Å². The highest BCUT2D eigenvalue weighted by Crippen LogP contribution is 2.26. The second-order valence-electron chi connectivity index (χ2n) is 6.31. The minimum absolute atomic E-state index is 0.123. The normalized spacial score (nSPS) is 15.9. The molecule has 0 aliphatic carbocycles. The third-order valence-corrected chi connectivity index (χ3v) is 5.11. The summed E-state index contributed by atoms with van der Waals surface area (Å²) in [6.45, 7) is 9.72. The van der Waals surface area contributed by atoms with Gasteiger partial charge in [0.25, 0.3) is 0 Å². The molecule has 0 bridgehead atoms. The fourth-order valence-corrected chi connectivity index (χ4v) is 3.61. The molecule has 1 aliphatic rings. The van der Waals surface area contributed by atoms with E-state index in [-0.39, 0.29) is 6.61 Å². The molecule has 5 nitrogen and oxygen atoms in total. The summed E-state index contributed by atoms with van der Waals surface area (Å²) in [5, 5.41) is 14.5. The molecule has 1 N–H and O–H groups in total. The molecule has 1 aromatic heterocycles. The van der Waals surface area contributed by atoms with Gasteiger partial charge >= 0.3 is 0 Å². The molecule has 0 amide bonds. The number of hydrogen-bond acceptors (Lipinski definition) is 4. The van der Waals surface area contributed by atoms with Crippen LogP contribution >= 0.6 is 11.6 Å². The molecular weight excluding hydrogens is 324 g/mol. The van der Waals surface area contributed by atoms with Crippen LogP contribution in [0.4, 0.5) is 5.69 Å². The van der Waals surface area contributed by atoms with Crippen LogP contribution < -0.4 is 4.90 Å². The number of aliphatic hydroxyl groups is 1. The van der Waals surface area contributed by atoms with Crippen LogP contribution in [0.25, 0.3) is 0 Å². The number of benzene rings is 1. The van der Waals surface area contributed by atoms with Crippen molar-refractivity contribution in [1.29, 1.82) is 0 Å². The number of anilines is 1. The number of para-hydroxylation sites is 1. The second kappa shape index (κ2) is 7.55. The Morgan fingerprint density at radius 1 is 1.12 bits per heavy atom. The lowest BCUT2D eigenvalue weighted by Gasteiger charge is -2.36. The number of piperazine rings is 1. The number of aryl methyl sites for hydroxylation is 1. The van der Waals surface area contributed by atoms with Gasteiger partial charge in [0.2, 0.25) is 0 Å². The number of hydrogen-bond donors (Lipinski definition) is 1. The van der Waals surface area contributed by atoms with Crippen molar-refractivity contribution in [2.75, 3.05) is 37.7 Å². The van der Waals surface area contributed by atoms with Gasteiger partial charge in [-0.2, -0.15) is 5.10 Å². The number of nitrogens with zero attached hydrogens (tertiary/aromatic N) is 4. The van der Waals surface area contributed by atoms with E-state index in [1.165, 1.54) is 5.56 Å². The predicted molar refractivity (Wildman–Crippen MR) is 97.7 cm³/mol. The lowest BCUT2D eigenvalue weighted by molar-refractivity contribution is 0.248. The van der Waals surface area contributed by atoms with Crippen molar-refractivity contribution in [1.82, 2.24) is 14.7 Å². The molecule has 1 saturated heterocycles. The number of halogens is 1. The van der Waals surface area contributed by atoms with Crippen molar-refractivity contribution in [3.8, 4) is 0 Å². The van der Waals surface area contributed by atoms with Gasteiger partial charge in [-0.1, -0.05) is 23.7 Å². The number of aliphatic hydroxyl groups excluding tert-OH is 1. The zero-order valence-electron chi connectivity index (χ0n) is 14.4. The van der Waals surface area contributed by atoms with Crippen molar-refractivity contribution >= 4 is 17.3 Å². The average Bonchev–Trinajstić information content (AvgIpc) is 2.84. The molecule has 0 unspecified atom stereocenters. The molecule has 0 atom stereocenters. The average molecular weight is 349 g/mol. The molecule has 2 heterocycles. The van der Waals surface area contributed by atoms with E-state index in [9.17, 15) is 0 Å². The minimum atomic E-state index is 0.123. The van der Waals surface area contributed by atoms with Gasteiger partial charge in [0, 0.05) is 44.0 Å². The van der Waals surface area contributed by atoms with Gasteiger partial charge in [0.1, 0.15) is 0 Å². The molecular formula is C18H25ClN4O. The van der Waals surface area contributed by atoms with E-state index in [0.29, 0.717) is 6.54 Å². The molecule has 3 rings (SSSR count). The van der Waals surface area contributed by atoms with Crippen LogP contribution in [0.3, 0.4) is 0 Å². The fraction of sp³-hybridized carbons (Fsp3) is 0.500. The van der Waals surface area contributed by atoms with Crippen LogP contribution in [0.5, 0.6) is 0 Å². The SMILES string of the molecule is Cc1nn(CCO)c(C)c1CN1CCN(c2ccccc2Cl)CC1. The van der Waals surface area contributed by atoms with Crippen LogP contribution in [-0.4, -0.2) is 52.6 Å². The maximum absolute atomic E-state index is 9.14. The summed E-state index contributed by atoms with van der Waals surface area (Å²) in [4.78, 5) is 4.82. The minimum Gasteiger partial charge on any atom is -0.394 e. The van der Waals surface area contributed by atoms with Gasteiger partial charge in [0.05, 0.1) is 29.6 Å². The van der Waals surface area contributed by atoms with E-state index >= 15 is 0 Å². The van der Waals surface area contributed by atoms with Crippen molar-refractivity contribution in [2.45, 2.75) is 26.9 Å². The Hall–Kier alpha value is -1.56. The number of rotatable bonds is 5. The molecule has 6 heteroatoms. The fourth-order valence-electron chi connectivity index (χ4n) is 3.35. The summed E-state index contributed by atoms with van der Waals surface area (Å²) >= 11 is 6.31. The molecule has 1 aliphatic heterocycles. The lowest BCUT2D eigenvalue weighted by Crippen LogP contribution is -2.46. The summed E-state index contributed by atoms with van der Waals surface area (Å²) in [5.41, 5.74) is 4.64. The first kappa shape index (κ1) is 17.3. The molecule has 130 valence electrons. The molecule has 1 aromatic carbocycles. The first-order chi connectivity index (χ1) is 11.6. The molecule has 1 fully saturated rings. The largest absolute Gasteiger partial charge is 0.394 e. The van der Waals surface area contributed by atoms with Crippen molar-refractivity contribution in [2.24, 2.45) is 0 Å². The highest BCUT2D eigenvalue weighted by Gasteiger charge is 2.21. The predicted octanol–water partition coefficient (Wildman–Crippen LogP) is 2.47. The highest BCUT2D eigenvalue weighted by atomic mass is 35.5. The van der Waals surface area contributed by atoms with E-state index in [1.807, 2.05) is 22.9 Å². The second-order valence-corrected chi connectivity index (χ2v) is 6.72. The topological polar surface area (TPSA) is 44.5 Å². The van der Waals surface area contributed by atoms with Gasteiger partial charge in [-0.3, -0.25) is 9.58 Å². The van der Waals surface area contributed by atoms with Crippen LogP contribution in [-0.2, 0) is 13.1 Å². The number of aromatic nitrogens is 2. The quantitative estimate of drug-likeness (QED) is 0.901. The standard InChI is InChI=1S/C18H25ClN4O/c1-14-16(15(2)23(20-14)11-12-24)13-21-7-9-22(10-8-21)18-6-4-3-5-17(18)19/h3-6,24H,7-13H2,1-2H3. The van der Waals surface area contributed by atoms with Crippen molar-refractivity contribution in [3.63, 3.8) is 0 Å². The third-order valence-electron chi connectivity index (χ3n) is 4.79. The Bertz CT molecular complexity index is 692. The monoisotopic (exact) mass is 348 g/mol. The van der Waals surface area contributed by atoms with Gasteiger partial charge in [-0.15, -0.1) is 0 Å². The zero-order valence-corrected chi connectivity index (χ0v) is 15.1. The Kier molecular flexibility index (Phi) is 5.43. The van der Waals surface area contributed by atoms with Gasteiger partial charge in [0.15, 0.2) is 0 Å². The Morgan fingerprint density at radius 3 is 2.50 bits per heavy atom. The lowest BCUT2D eigenvalue weighted by atomic mass is 10.1. The van der Waals surface area contributed by atoms with Gasteiger partial charge in [-0.25, -0.2) is 0 Å². The van der Waals surface area contributed by atoms with E-state index < -0.39 is 0 Å². The maximum Gasteiger partial charge on any atom is 0.0644 e. The van der Waals surface area contributed by atoms with E-state index in [0.717, 1.165) is 54.8 Å². The first-order valence-corrected chi connectivity index (χ1v) is 8.83. The molecule has 0 saturated carbocycles. The molecule has 0 spiro atoms. The summed E-state index contributed by atoms with van der Waals surface area (Å²) in [6, 6.07) is 8.05. The van der Waals surface area contributed by atoms with E-state index in [4.69, 9.17) is 16.7 Å². The summed E-state index contributed by atoms with van der Waals surface area (Å²) in [5.74, 6) is 0. The molecule has 0 radical (unpaired) electrons. The van der Waals surface area contributed by atoms with Crippen LogP contribution in [0.15, 0.2) is 24.3 Å². The Morgan fingerprint density at radius 2 is 1.83 bits per heavy atom.